The second-order valence-corrected chi connectivity index (χ2v) is 5.26. The Hall–Kier alpha value is -0.570. The van der Waals surface area contributed by atoms with Gasteiger partial charge >= 0.3 is 0 Å². The topological polar surface area (TPSA) is 49.3 Å². The molecule has 0 aromatic heterocycles. The SMILES string of the molecule is CCC(C)C(C)C(=O)NCC(CC)(CC)CO. The first-order chi connectivity index (χ1) is 7.96. The lowest BCUT2D eigenvalue weighted by atomic mass is 9.83. The molecule has 0 saturated heterocycles. The minimum atomic E-state index is -0.148. The smallest absolute Gasteiger partial charge is 0.223 e. The van der Waals surface area contributed by atoms with Crippen molar-refractivity contribution in [3.05, 3.63) is 0 Å². The van der Waals surface area contributed by atoms with Crippen molar-refractivity contribution < 1.29 is 9.90 Å². The summed E-state index contributed by atoms with van der Waals surface area (Å²) >= 11 is 0. The number of aliphatic hydroxyl groups is 1. The Labute approximate surface area is 106 Å². The molecule has 2 atom stereocenters. The zero-order valence-corrected chi connectivity index (χ0v) is 12.0. The van der Waals surface area contributed by atoms with Gasteiger partial charge in [-0.15, -0.1) is 0 Å². The van der Waals surface area contributed by atoms with E-state index >= 15 is 0 Å². The number of nitrogens with one attached hydrogen (secondary N) is 1. The van der Waals surface area contributed by atoms with Crippen molar-refractivity contribution in [1.82, 2.24) is 5.32 Å². The van der Waals surface area contributed by atoms with Crippen molar-refractivity contribution in [3.63, 3.8) is 0 Å². The fraction of sp³-hybridized carbons (Fsp3) is 0.929. The molecule has 3 heteroatoms. The molecule has 3 nitrogen and oxygen atoms in total. The summed E-state index contributed by atoms with van der Waals surface area (Å²) in [6.45, 7) is 11.0. The fourth-order valence-electron chi connectivity index (χ4n) is 1.83. The van der Waals surface area contributed by atoms with E-state index in [4.69, 9.17) is 0 Å². The lowest BCUT2D eigenvalue weighted by Gasteiger charge is -2.30. The lowest BCUT2D eigenvalue weighted by molar-refractivity contribution is -0.126. The Morgan fingerprint density at radius 1 is 1.24 bits per heavy atom. The molecule has 0 spiro atoms. The van der Waals surface area contributed by atoms with Crippen LogP contribution in [0.5, 0.6) is 0 Å². The molecule has 0 aliphatic carbocycles. The molecule has 0 fully saturated rings. The normalized spacial score (nSPS) is 15.4. The second kappa shape index (κ2) is 7.70. The van der Waals surface area contributed by atoms with E-state index in [0.717, 1.165) is 19.3 Å². The molecule has 17 heavy (non-hydrogen) atoms. The van der Waals surface area contributed by atoms with E-state index in [1.54, 1.807) is 0 Å². The minimum Gasteiger partial charge on any atom is -0.396 e. The van der Waals surface area contributed by atoms with E-state index in [9.17, 15) is 9.90 Å². The third-order valence-electron chi connectivity index (χ3n) is 4.38. The van der Waals surface area contributed by atoms with Crippen LogP contribution in [-0.4, -0.2) is 24.2 Å². The first kappa shape index (κ1) is 16.4. The third kappa shape index (κ3) is 4.66. The number of carbonyl (C=O) groups is 1. The van der Waals surface area contributed by atoms with Crippen LogP contribution in [0.1, 0.15) is 53.9 Å². The third-order valence-corrected chi connectivity index (χ3v) is 4.38. The number of aliphatic hydroxyl groups excluding tert-OH is 1. The van der Waals surface area contributed by atoms with Crippen molar-refractivity contribution in [2.75, 3.05) is 13.2 Å². The van der Waals surface area contributed by atoms with E-state index in [1.807, 2.05) is 6.92 Å². The van der Waals surface area contributed by atoms with E-state index in [0.29, 0.717) is 12.5 Å². The van der Waals surface area contributed by atoms with Gasteiger partial charge in [0.15, 0.2) is 0 Å². The molecule has 0 aliphatic rings. The highest BCUT2D eigenvalue weighted by atomic mass is 16.3. The maximum atomic E-state index is 11.9. The molecule has 0 saturated carbocycles. The van der Waals surface area contributed by atoms with E-state index in [-0.39, 0.29) is 23.8 Å². The summed E-state index contributed by atoms with van der Waals surface area (Å²) in [5, 5.41) is 12.4. The van der Waals surface area contributed by atoms with Crippen molar-refractivity contribution in [2.45, 2.75) is 53.9 Å². The summed E-state index contributed by atoms with van der Waals surface area (Å²) in [6, 6.07) is 0. The Balaban J connectivity index is 4.31. The summed E-state index contributed by atoms with van der Waals surface area (Å²) in [7, 11) is 0. The van der Waals surface area contributed by atoms with E-state index in [2.05, 4.69) is 33.0 Å². The van der Waals surface area contributed by atoms with Crippen molar-refractivity contribution in [1.29, 1.82) is 0 Å². The maximum Gasteiger partial charge on any atom is 0.223 e. The zero-order valence-electron chi connectivity index (χ0n) is 12.0. The molecule has 0 heterocycles. The van der Waals surface area contributed by atoms with Crippen molar-refractivity contribution >= 4 is 5.91 Å². The largest absolute Gasteiger partial charge is 0.396 e. The van der Waals surface area contributed by atoms with Crippen LogP contribution in [0.4, 0.5) is 0 Å². The van der Waals surface area contributed by atoms with Crippen LogP contribution in [0.2, 0.25) is 0 Å². The predicted molar refractivity (Wildman–Crippen MR) is 71.7 cm³/mol. The first-order valence-electron chi connectivity index (χ1n) is 6.84. The van der Waals surface area contributed by atoms with Crippen LogP contribution in [0.15, 0.2) is 0 Å². The second-order valence-electron chi connectivity index (χ2n) is 5.26. The highest BCUT2D eigenvalue weighted by molar-refractivity contribution is 5.78. The highest BCUT2D eigenvalue weighted by Crippen LogP contribution is 2.24. The van der Waals surface area contributed by atoms with Gasteiger partial charge in [-0.25, -0.2) is 0 Å². The molecular weight excluding hydrogens is 214 g/mol. The molecule has 0 rings (SSSR count). The van der Waals surface area contributed by atoms with Gasteiger partial charge in [-0.05, 0) is 18.8 Å². The quantitative estimate of drug-likeness (QED) is 0.688. The van der Waals surface area contributed by atoms with Crippen molar-refractivity contribution in [2.24, 2.45) is 17.3 Å². The summed E-state index contributed by atoms with van der Waals surface area (Å²) in [4.78, 5) is 11.9. The van der Waals surface area contributed by atoms with Crippen LogP contribution < -0.4 is 5.32 Å². The monoisotopic (exact) mass is 243 g/mol. The Bertz CT molecular complexity index is 216. The number of carbonyl (C=O) groups excluding carboxylic acids is 1. The predicted octanol–water partition coefficient (Wildman–Crippen LogP) is 2.58. The molecule has 0 aliphatic heterocycles. The van der Waals surface area contributed by atoms with Crippen LogP contribution in [0.3, 0.4) is 0 Å². The van der Waals surface area contributed by atoms with Gasteiger partial charge in [-0.2, -0.15) is 0 Å². The van der Waals surface area contributed by atoms with Gasteiger partial charge in [-0.3, -0.25) is 4.79 Å². The average Bonchev–Trinajstić information content (AvgIpc) is 2.38. The lowest BCUT2D eigenvalue weighted by Crippen LogP contribution is -2.42. The van der Waals surface area contributed by atoms with Gasteiger partial charge in [-0.1, -0.05) is 41.0 Å². The molecule has 0 bridgehead atoms. The maximum absolute atomic E-state index is 11.9. The van der Waals surface area contributed by atoms with Gasteiger partial charge in [0.1, 0.15) is 0 Å². The molecule has 2 unspecified atom stereocenters. The average molecular weight is 243 g/mol. The molecule has 102 valence electrons. The van der Waals surface area contributed by atoms with E-state index in [1.165, 1.54) is 0 Å². The van der Waals surface area contributed by atoms with Gasteiger partial charge in [0.25, 0.3) is 0 Å². The number of amides is 1. The van der Waals surface area contributed by atoms with Gasteiger partial charge in [0, 0.05) is 17.9 Å². The summed E-state index contributed by atoms with van der Waals surface area (Å²) in [5.41, 5.74) is -0.148. The number of rotatable bonds is 8. The zero-order chi connectivity index (χ0) is 13.5. The van der Waals surface area contributed by atoms with Crippen LogP contribution >= 0.6 is 0 Å². The number of hydrogen-bond acceptors (Lipinski definition) is 2. The Morgan fingerprint density at radius 2 is 1.76 bits per heavy atom. The van der Waals surface area contributed by atoms with Gasteiger partial charge < -0.3 is 10.4 Å². The fourth-order valence-corrected chi connectivity index (χ4v) is 1.83. The van der Waals surface area contributed by atoms with Crippen LogP contribution in [-0.2, 0) is 4.79 Å². The molecule has 0 aromatic rings. The van der Waals surface area contributed by atoms with Gasteiger partial charge in [0.2, 0.25) is 5.91 Å². The van der Waals surface area contributed by atoms with E-state index < -0.39 is 0 Å². The van der Waals surface area contributed by atoms with Crippen LogP contribution in [0, 0.1) is 17.3 Å². The van der Waals surface area contributed by atoms with Gasteiger partial charge in [0.05, 0.1) is 6.61 Å². The number of hydrogen-bond donors (Lipinski definition) is 2. The Kier molecular flexibility index (Phi) is 7.44. The Morgan fingerprint density at radius 3 is 2.12 bits per heavy atom. The van der Waals surface area contributed by atoms with Crippen LogP contribution in [0.25, 0.3) is 0 Å². The molecule has 1 amide bonds. The molecular formula is C14H29NO2. The standard InChI is InChI=1S/C14H29NO2/c1-6-11(4)12(5)13(17)15-9-14(7-2,8-3)10-16/h11-12,16H,6-10H2,1-5H3,(H,15,17). The molecule has 0 radical (unpaired) electrons. The summed E-state index contributed by atoms with van der Waals surface area (Å²) < 4.78 is 0. The summed E-state index contributed by atoms with van der Waals surface area (Å²) in [5.74, 6) is 0.561. The minimum absolute atomic E-state index is 0.0464. The highest BCUT2D eigenvalue weighted by Gasteiger charge is 2.27. The first-order valence-corrected chi connectivity index (χ1v) is 6.84. The summed E-state index contributed by atoms with van der Waals surface area (Å²) in [6.07, 6.45) is 2.79. The molecule has 2 N–H and O–H groups in total. The van der Waals surface area contributed by atoms with Crippen molar-refractivity contribution in [3.8, 4) is 0 Å². The molecule has 0 aromatic carbocycles.